The largest absolute Gasteiger partial charge is 0.436 e. The lowest BCUT2D eigenvalue weighted by Crippen LogP contribution is -2.15. The molecule has 0 aliphatic heterocycles. The summed E-state index contributed by atoms with van der Waals surface area (Å²) in [5.41, 5.74) is 0.516. The summed E-state index contributed by atoms with van der Waals surface area (Å²) in [6, 6.07) is 13.2. The first-order valence-corrected chi connectivity index (χ1v) is 8.02. The molecule has 0 aliphatic carbocycles. The van der Waals surface area contributed by atoms with Crippen molar-refractivity contribution in [2.24, 2.45) is 0 Å². The van der Waals surface area contributed by atoms with Crippen molar-refractivity contribution in [1.29, 1.82) is 0 Å². The Morgan fingerprint density at radius 1 is 1.04 bits per heavy atom. The zero-order valence-electron chi connectivity index (χ0n) is 13.4. The summed E-state index contributed by atoms with van der Waals surface area (Å²) in [6.45, 7) is 0. The second kappa shape index (κ2) is 7.93. The number of halogens is 3. The number of carbonyl (C=O) groups is 1. The molecule has 0 aliphatic rings. The predicted molar refractivity (Wildman–Crippen MR) is 94.5 cm³/mol. The number of hydrogen-bond donors (Lipinski definition) is 1. The van der Waals surface area contributed by atoms with E-state index in [0.29, 0.717) is 5.69 Å². The van der Waals surface area contributed by atoms with Crippen LogP contribution in [0.3, 0.4) is 0 Å². The van der Waals surface area contributed by atoms with Crippen molar-refractivity contribution < 1.29 is 18.3 Å². The van der Waals surface area contributed by atoms with Crippen molar-refractivity contribution >= 4 is 23.2 Å². The lowest BCUT2D eigenvalue weighted by molar-refractivity contribution is -0.115. The molecule has 4 nitrogen and oxygen atoms in total. The third kappa shape index (κ3) is 4.34. The minimum atomic E-state index is -0.542. The van der Waals surface area contributed by atoms with Crippen LogP contribution in [0.25, 0.3) is 0 Å². The number of nitrogens with zero attached hydrogens (tertiary/aromatic N) is 1. The van der Waals surface area contributed by atoms with E-state index in [4.69, 9.17) is 16.3 Å². The minimum absolute atomic E-state index is 0.0472. The number of hydrogen-bond acceptors (Lipinski definition) is 3. The molecule has 3 aromatic rings. The number of ether oxygens (including phenoxy) is 1. The van der Waals surface area contributed by atoms with Crippen molar-refractivity contribution in [3.8, 4) is 11.6 Å². The molecule has 0 unspecified atom stereocenters. The van der Waals surface area contributed by atoms with E-state index in [1.165, 1.54) is 42.6 Å². The van der Waals surface area contributed by atoms with E-state index >= 15 is 0 Å². The molecule has 1 amide bonds. The van der Waals surface area contributed by atoms with Gasteiger partial charge in [0.05, 0.1) is 18.3 Å². The fourth-order valence-electron chi connectivity index (χ4n) is 2.22. The Kier molecular flexibility index (Phi) is 5.43. The average Bonchev–Trinajstić information content (AvgIpc) is 2.62. The quantitative estimate of drug-likeness (QED) is 0.684. The highest BCUT2D eigenvalue weighted by atomic mass is 35.5. The molecule has 0 saturated heterocycles. The third-order valence-electron chi connectivity index (χ3n) is 3.47. The fraction of sp³-hybridized carbons (Fsp3) is 0.0526. The number of amides is 1. The van der Waals surface area contributed by atoms with E-state index in [1.54, 1.807) is 18.2 Å². The van der Waals surface area contributed by atoms with E-state index in [0.717, 1.165) is 0 Å². The molecule has 26 heavy (non-hydrogen) atoms. The Bertz CT molecular complexity index is 913. The molecule has 1 heterocycles. The first kappa shape index (κ1) is 17.8. The van der Waals surface area contributed by atoms with Gasteiger partial charge >= 0.3 is 0 Å². The average molecular weight is 375 g/mol. The zero-order valence-corrected chi connectivity index (χ0v) is 14.1. The number of carbonyl (C=O) groups excluding carboxylic acids is 1. The monoisotopic (exact) mass is 374 g/mol. The van der Waals surface area contributed by atoms with Crippen LogP contribution in [0.4, 0.5) is 14.5 Å². The first-order valence-electron chi connectivity index (χ1n) is 7.64. The third-order valence-corrected chi connectivity index (χ3v) is 3.82. The molecule has 0 spiro atoms. The maximum atomic E-state index is 13.7. The SMILES string of the molecule is O=C(Cc1c(F)cccc1Cl)Nc1ccc(Oc2ccccc2F)nc1. The van der Waals surface area contributed by atoms with E-state index in [2.05, 4.69) is 10.3 Å². The van der Waals surface area contributed by atoms with Gasteiger partial charge in [-0.25, -0.2) is 13.8 Å². The number of rotatable bonds is 5. The van der Waals surface area contributed by atoms with Crippen LogP contribution in [-0.4, -0.2) is 10.9 Å². The van der Waals surface area contributed by atoms with E-state index in [1.807, 2.05) is 0 Å². The summed E-state index contributed by atoms with van der Waals surface area (Å²) in [5, 5.41) is 2.78. The Labute approximate surface area is 153 Å². The van der Waals surface area contributed by atoms with E-state index < -0.39 is 17.5 Å². The van der Waals surface area contributed by atoms with Crippen molar-refractivity contribution in [2.45, 2.75) is 6.42 Å². The van der Waals surface area contributed by atoms with Crippen LogP contribution in [0.1, 0.15) is 5.56 Å². The molecule has 1 aromatic heterocycles. The van der Waals surface area contributed by atoms with E-state index in [9.17, 15) is 13.6 Å². The molecule has 3 rings (SSSR count). The summed E-state index contributed by atoms with van der Waals surface area (Å²) >= 11 is 5.91. The predicted octanol–water partition coefficient (Wildman–Crippen LogP) is 4.99. The standard InChI is InChI=1S/C19H13ClF2N2O2/c20-14-4-3-6-15(21)13(14)10-18(25)24-12-8-9-19(23-11-12)26-17-7-2-1-5-16(17)22/h1-9,11H,10H2,(H,24,25). The maximum Gasteiger partial charge on any atom is 0.229 e. The summed E-state index contributed by atoms with van der Waals surface area (Å²) in [6.07, 6.45) is 1.15. The van der Waals surface area contributed by atoms with Crippen molar-refractivity contribution in [1.82, 2.24) is 4.98 Å². The molecular formula is C19H13ClF2N2O2. The summed E-state index contributed by atoms with van der Waals surface area (Å²) < 4.78 is 32.6. The molecule has 7 heteroatoms. The highest BCUT2D eigenvalue weighted by Crippen LogP contribution is 2.23. The minimum Gasteiger partial charge on any atom is -0.436 e. The van der Waals surface area contributed by atoms with E-state index in [-0.39, 0.29) is 28.6 Å². The van der Waals surface area contributed by atoms with Crippen LogP contribution in [0.2, 0.25) is 5.02 Å². The van der Waals surface area contributed by atoms with Gasteiger partial charge in [-0.1, -0.05) is 29.8 Å². The number of para-hydroxylation sites is 1. The highest BCUT2D eigenvalue weighted by Gasteiger charge is 2.12. The molecule has 132 valence electrons. The van der Waals surface area contributed by atoms with Crippen molar-refractivity contribution in [3.63, 3.8) is 0 Å². The lowest BCUT2D eigenvalue weighted by Gasteiger charge is -2.09. The summed E-state index contributed by atoms with van der Waals surface area (Å²) in [4.78, 5) is 16.1. The Morgan fingerprint density at radius 3 is 2.50 bits per heavy atom. The van der Waals surface area contributed by atoms with Gasteiger partial charge in [-0.3, -0.25) is 4.79 Å². The van der Waals surface area contributed by atoms with Crippen LogP contribution in [-0.2, 0) is 11.2 Å². The molecule has 0 radical (unpaired) electrons. The fourth-order valence-corrected chi connectivity index (χ4v) is 2.45. The number of benzene rings is 2. The van der Waals surface area contributed by atoms with Gasteiger partial charge in [-0.15, -0.1) is 0 Å². The second-order valence-corrected chi connectivity index (χ2v) is 5.75. The van der Waals surface area contributed by atoms with Gasteiger partial charge in [0.1, 0.15) is 5.82 Å². The molecule has 2 aromatic carbocycles. The maximum absolute atomic E-state index is 13.7. The first-order chi connectivity index (χ1) is 12.5. The Morgan fingerprint density at radius 2 is 1.81 bits per heavy atom. The van der Waals surface area contributed by atoms with Gasteiger partial charge in [0.25, 0.3) is 0 Å². The Hall–Kier alpha value is -2.99. The molecule has 0 atom stereocenters. The molecular weight excluding hydrogens is 362 g/mol. The lowest BCUT2D eigenvalue weighted by atomic mass is 10.1. The van der Waals surface area contributed by atoms with Crippen LogP contribution in [0.15, 0.2) is 60.8 Å². The summed E-state index contributed by atoms with van der Waals surface area (Å²) in [5.74, 6) is -1.27. The molecule has 1 N–H and O–H groups in total. The van der Waals surface area contributed by atoms with Crippen LogP contribution >= 0.6 is 11.6 Å². The molecule has 0 bridgehead atoms. The normalized spacial score (nSPS) is 10.4. The van der Waals surface area contributed by atoms with Crippen molar-refractivity contribution in [3.05, 3.63) is 83.0 Å². The van der Waals surface area contributed by atoms with Gasteiger partial charge < -0.3 is 10.1 Å². The van der Waals surface area contributed by atoms with Crippen LogP contribution in [0, 0.1) is 11.6 Å². The smallest absolute Gasteiger partial charge is 0.229 e. The van der Waals surface area contributed by atoms with Gasteiger partial charge in [0, 0.05) is 16.7 Å². The molecule has 0 fully saturated rings. The summed E-state index contributed by atoms with van der Waals surface area (Å²) in [7, 11) is 0. The topological polar surface area (TPSA) is 51.2 Å². The van der Waals surface area contributed by atoms with Gasteiger partial charge in [0.15, 0.2) is 11.6 Å². The highest BCUT2D eigenvalue weighted by molar-refractivity contribution is 6.31. The van der Waals surface area contributed by atoms with Crippen LogP contribution in [0.5, 0.6) is 11.6 Å². The van der Waals surface area contributed by atoms with Crippen molar-refractivity contribution in [2.75, 3.05) is 5.32 Å². The second-order valence-electron chi connectivity index (χ2n) is 5.34. The number of aromatic nitrogens is 1. The van der Waals surface area contributed by atoms with Gasteiger partial charge in [-0.05, 0) is 30.3 Å². The zero-order chi connectivity index (χ0) is 18.5. The number of nitrogens with one attached hydrogen (secondary N) is 1. The number of pyridine rings is 1. The van der Waals surface area contributed by atoms with Gasteiger partial charge in [0.2, 0.25) is 11.8 Å². The molecule has 0 saturated carbocycles. The van der Waals surface area contributed by atoms with Gasteiger partial charge in [-0.2, -0.15) is 0 Å². The Balaban J connectivity index is 1.64. The number of anilines is 1. The van der Waals surface area contributed by atoms with Crippen LogP contribution < -0.4 is 10.1 Å².